The Morgan fingerprint density at radius 2 is 1.86 bits per heavy atom. The van der Waals surface area contributed by atoms with Gasteiger partial charge in [0.1, 0.15) is 11.5 Å². The van der Waals surface area contributed by atoms with Gasteiger partial charge < -0.3 is 10.8 Å². The molecule has 5 rings (SSSR count). The zero-order valence-electron chi connectivity index (χ0n) is 21.2. The van der Waals surface area contributed by atoms with E-state index in [4.69, 9.17) is 5.73 Å². The molecular formula is C27H30F2N6O2. The van der Waals surface area contributed by atoms with Crippen LogP contribution in [0.2, 0.25) is 0 Å². The van der Waals surface area contributed by atoms with Crippen LogP contribution in [0.25, 0.3) is 16.9 Å². The Hall–Kier alpha value is -4.05. The lowest BCUT2D eigenvalue weighted by Gasteiger charge is -2.35. The van der Waals surface area contributed by atoms with Gasteiger partial charge >= 0.3 is 6.03 Å². The highest BCUT2D eigenvalue weighted by atomic mass is 19.2. The second-order valence-electron chi connectivity index (χ2n) is 9.83. The number of primary amides is 1. The van der Waals surface area contributed by atoms with Gasteiger partial charge in [-0.25, -0.2) is 18.3 Å². The third-order valence-electron chi connectivity index (χ3n) is 6.42. The summed E-state index contributed by atoms with van der Waals surface area (Å²) in [6.07, 6.45) is 4.15. The van der Waals surface area contributed by atoms with Crippen molar-refractivity contribution in [3.63, 3.8) is 0 Å². The maximum atomic E-state index is 13.1. The van der Waals surface area contributed by atoms with Crippen molar-refractivity contribution < 1.29 is 18.7 Å². The SMILES string of the molecule is CC1(C)C[C@@H](O)Cc2cc(F)c(F)cc21.Cc1c(-c2cnn(C)c2)nn(-c2ccccc2)c1NC(N)=O. The number of benzene rings is 2. The summed E-state index contributed by atoms with van der Waals surface area (Å²) in [5, 5.41) is 21.1. The molecule has 0 unspecified atom stereocenters. The minimum absolute atomic E-state index is 0.290. The van der Waals surface area contributed by atoms with Crippen molar-refractivity contribution in [2.45, 2.75) is 45.1 Å². The fraction of sp³-hybridized carbons (Fsp3) is 0.296. The molecule has 194 valence electrons. The summed E-state index contributed by atoms with van der Waals surface area (Å²) >= 11 is 0. The van der Waals surface area contributed by atoms with E-state index < -0.39 is 23.8 Å². The molecule has 2 amide bonds. The molecule has 0 aliphatic heterocycles. The molecule has 0 spiro atoms. The second-order valence-corrected chi connectivity index (χ2v) is 9.83. The summed E-state index contributed by atoms with van der Waals surface area (Å²) in [4.78, 5) is 11.3. The van der Waals surface area contributed by atoms with Gasteiger partial charge in [-0.1, -0.05) is 32.0 Å². The molecule has 1 aliphatic carbocycles. The van der Waals surface area contributed by atoms with E-state index in [2.05, 4.69) is 15.5 Å². The van der Waals surface area contributed by atoms with Crippen LogP contribution < -0.4 is 11.1 Å². The fourth-order valence-electron chi connectivity index (χ4n) is 4.75. The number of hydrogen-bond donors (Lipinski definition) is 3. The normalized spacial score (nSPS) is 15.9. The van der Waals surface area contributed by atoms with E-state index in [0.717, 1.165) is 33.6 Å². The van der Waals surface area contributed by atoms with Crippen molar-refractivity contribution in [1.29, 1.82) is 0 Å². The van der Waals surface area contributed by atoms with E-state index >= 15 is 0 Å². The number of urea groups is 1. The van der Waals surface area contributed by atoms with E-state index in [-0.39, 0.29) is 5.41 Å². The van der Waals surface area contributed by atoms with Crippen molar-refractivity contribution in [3.8, 4) is 16.9 Å². The number of rotatable bonds is 3. The smallest absolute Gasteiger partial charge is 0.317 e. The molecule has 1 aliphatic rings. The first-order valence-electron chi connectivity index (χ1n) is 11.8. The number of anilines is 1. The molecule has 4 N–H and O–H groups in total. The number of aromatic nitrogens is 4. The summed E-state index contributed by atoms with van der Waals surface area (Å²) in [5.74, 6) is -1.09. The molecule has 2 aromatic carbocycles. The quantitative estimate of drug-likeness (QED) is 0.375. The van der Waals surface area contributed by atoms with Crippen LogP contribution in [-0.2, 0) is 18.9 Å². The molecule has 0 saturated heterocycles. The number of para-hydroxylation sites is 1. The summed E-state index contributed by atoms with van der Waals surface area (Å²) in [5.41, 5.74) is 9.82. The van der Waals surface area contributed by atoms with Gasteiger partial charge in [0.05, 0.1) is 18.0 Å². The van der Waals surface area contributed by atoms with Crippen LogP contribution in [0, 0.1) is 18.6 Å². The molecular weight excluding hydrogens is 478 g/mol. The number of aryl methyl sites for hydroxylation is 1. The molecule has 37 heavy (non-hydrogen) atoms. The van der Waals surface area contributed by atoms with E-state index in [1.54, 1.807) is 15.6 Å². The van der Waals surface area contributed by atoms with E-state index in [1.165, 1.54) is 12.1 Å². The highest BCUT2D eigenvalue weighted by molar-refractivity contribution is 5.89. The van der Waals surface area contributed by atoms with Crippen molar-refractivity contribution in [3.05, 3.63) is 83.2 Å². The largest absolute Gasteiger partial charge is 0.393 e. The number of nitrogens with one attached hydrogen (secondary N) is 1. The lowest BCUT2D eigenvalue weighted by atomic mass is 9.71. The number of nitrogens with zero attached hydrogens (tertiary/aromatic N) is 4. The average molecular weight is 509 g/mol. The standard InChI is InChI=1S/C15H16N6O.C12H14F2O/c1-10-13(11-8-17-20(2)9-11)19-21(14(10)18-15(16)22)12-6-4-3-5-7-12;1-12(2)6-8(15)3-7-4-10(13)11(14)5-9(7)12/h3-9H,1-2H3,(H3,16,18,22);4-5,8,15H,3,6H2,1-2H3/t;8-/m.0/s1. The fourth-order valence-corrected chi connectivity index (χ4v) is 4.75. The molecule has 2 aromatic heterocycles. The van der Waals surface area contributed by atoms with Crippen LogP contribution in [0.1, 0.15) is 37.0 Å². The Kier molecular flexibility index (Phi) is 7.13. The Bertz CT molecular complexity index is 1430. The Morgan fingerprint density at radius 3 is 2.49 bits per heavy atom. The molecule has 8 nitrogen and oxygen atoms in total. The minimum Gasteiger partial charge on any atom is -0.393 e. The number of halogens is 2. The average Bonchev–Trinajstić information content (AvgIpc) is 3.39. The van der Waals surface area contributed by atoms with Crippen LogP contribution >= 0.6 is 0 Å². The van der Waals surface area contributed by atoms with Gasteiger partial charge in [-0.2, -0.15) is 10.2 Å². The van der Waals surface area contributed by atoms with Crippen LogP contribution in [-0.4, -0.2) is 36.8 Å². The number of aliphatic hydroxyl groups excluding tert-OH is 1. The first kappa shape index (κ1) is 26.0. The monoisotopic (exact) mass is 508 g/mol. The molecule has 0 fully saturated rings. The molecule has 2 heterocycles. The second kappa shape index (κ2) is 10.1. The molecule has 1 atom stereocenters. The van der Waals surface area contributed by atoms with Gasteiger partial charge in [-0.3, -0.25) is 10.00 Å². The lowest BCUT2D eigenvalue weighted by molar-refractivity contribution is 0.127. The summed E-state index contributed by atoms with van der Waals surface area (Å²) < 4.78 is 29.5. The molecule has 0 saturated carbocycles. The van der Waals surface area contributed by atoms with Crippen LogP contribution in [0.15, 0.2) is 54.9 Å². The molecule has 0 bridgehead atoms. The van der Waals surface area contributed by atoms with E-state index in [1.807, 2.05) is 64.3 Å². The zero-order valence-corrected chi connectivity index (χ0v) is 21.2. The number of carbonyl (C=O) groups excluding carboxylic acids is 1. The van der Waals surface area contributed by atoms with Crippen molar-refractivity contribution >= 4 is 11.8 Å². The Labute approximate surface area is 213 Å². The molecule has 0 radical (unpaired) electrons. The van der Waals surface area contributed by atoms with Gasteiger partial charge in [-0.15, -0.1) is 0 Å². The summed E-state index contributed by atoms with van der Waals surface area (Å²) in [7, 11) is 1.84. The number of amides is 2. The van der Waals surface area contributed by atoms with Gasteiger partial charge in [0.2, 0.25) is 0 Å². The highest BCUT2D eigenvalue weighted by Crippen LogP contribution is 2.37. The first-order valence-corrected chi connectivity index (χ1v) is 11.8. The maximum absolute atomic E-state index is 13.1. The topological polar surface area (TPSA) is 111 Å². The van der Waals surface area contributed by atoms with Crippen LogP contribution in [0.5, 0.6) is 0 Å². The van der Waals surface area contributed by atoms with E-state index in [9.17, 15) is 18.7 Å². The third-order valence-corrected chi connectivity index (χ3v) is 6.42. The van der Waals surface area contributed by atoms with Crippen molar-refractivity contribution in [2.24, 2.45) is 12.8 Å². The summed E-state index contributed by atoms with van der Waals surface area (Å²) in [6, 6.07) is 11.4. The first-order chi connectivity index (χ1) is 17.5. The predicted molar refractivity (Wildman–Crippen MR) is 137 cm³/mol. The minimum atomic E-state index is -0.835. The highest BCUT2D eigenvalue weighted by Gasteiger charge is 2.33. The molecule has 10 heteroatoms. The number of hydrogen-bond acceptors (Lipinski definition) is 4. The predicted octanol–water partition coefficient (Wildman–Crippen LogP) is 4.62. The summed E-state index contributed by atoms with van der Waals surface area (Å²) in [6.45, 7) is 5.76. The Morgan fingerprint density at radius 1 is 1.19 bits per heavy atom. The number of fused-ring (bicyclic) bond motifs is 1. The zero-order chi connectivity index (χ0) is 26.9. The van der Waals surface area contributed by atoms with Gasteiger partial charge in [0.25, 0.3) is 0 Å². The lowest BCUT2D eigenvalue weighted by Crippen LogP contribution is -2.33. The van der Waals surface area contributed by atoms with Gasteiger partial charge in [-0.05, 0) is 60.6 Å². The number of carbonyl (C=O) groups is 1. The van der Waals surface area contributed by atoms with Crippen LogP contribution in [0.4, 0.5) is 19.4 Å². The van der Waals surface area contributed by atoms with Gasteiger partial charge in [0, 0.05) is 24.4 Å². The van der Waals surface area contributed by atoms with Gasteiger partial charge in [0.15, 0.2) is 11.6 Å². The number of aliphatic hydroxyl groups is 1. The Balaban J connectivity index is 0.000000186. The maximum Gasteiger partial charge on any atom is 0.317 e. The van der Waals surface area contributed by atoms with E-state index in [0.29, 0.717) is 18.7 Å². The van der Waals surface area contributed by atoms with Crippen LogP contribution in [0.3, 0.4) is 0 Å². The van der Waals surface area contributed by atoms with Crippen molar-refractivity contribution in [1.82, 2.24) is 19.6 Å². The third kappa shape index (κ3) is 5.54. The van der Waals surface area contributed by atoms with Crippen molar-refractivity contribution in [2.75, 3.05) is 5.32 Å². The number of nitrogens with two attached hydrogens (primary N) is 1. The molecule has 4 aromatic rings.